The van der Waals surface area contributed by atoms with Crippen molar-refractivity contribution in [3.05, 3.63) is 23.9 Å². The molecule has 0 aromatic carbocycles. The monoisotopic (exact) mass is 259 g/mol. The third kappa shape index (κ3) is 4.05. The highest BCUT2D eigenvalue weighted by atomic mass is 16.5. The first-order valence-corrected chi connectivity index (χ1v) is 6.38. The summed E-state index contributed by atoms with van der Waals surface area (Å²) in [6.45, 7) is 0.932. The third-order valence-electron chi connectivity index (χ3n) is 2.79. The number of pyridine rings is 1. The molecule has 1 aromatic heterocycles. The topological polar surface area (TPSA) is 77.2 Å². The molecule has 0 bridgehead atoms. The molecule has 1 fully saturated rings. The summed E-state index contributed by atoms with van der Waals surface area (Å²) in [5.41, 5.74) is 5.90. The zero-order chi connectivity index (χ0) is 13.5. The van der Waals surface area contributed by atoms with E-state index in [9.17, 15) is 4.79 Å². The number of hydrogen-bond acceptors (Lipinski definition) is 4. The number of nitrogens with two attached hydrogens (primary N) is 1. The maximum absolute atomic E-state index is 12.0. The molecule has 5 heteroatoms. The van der Waals surface area contributed by atoms with E-state index >= 15 is 0 Å². The van der Waals surface area contributed by atoms with Crippen LogP contribution in [0.25, 0.3) is 0 Å². The quantitative estimate of drug-likeness (QED) is 0.774. The fourth-order valence-corrected chi connectivity index (χ4v) is 1.87. The van der Waals surface area contributed by atoms with E-state index in [0.717, 1.165) is 19.3 Å². The molecule has 100 valence electrons. The Balaban J connectivity index is 1.99. The summed E-state index contributed by atoms with van der Waals surface area (Å²) in [5.74, 6) is 5.90. The van der Waals surface area contributed by atoms with Crippen LogP contribution in [0, 0.1) is 11.8 Å². The molecule has 0 saturated carbocycles. The SMILES string of the molecule is NCC#Cc1cccc(NC(=O)C2CCCCO2)n1. The van der Waals surface area contributed by atoms with Gasteiger partial charge < -0.3 is 15.8 Å². The molecular formula is C14H17N3O2. The molecule has 19 heavy (non-hydrogen) atoms. The largest absolute Gasteiger partial charge is 0.368 e. The van der Waals surface area contributed by atoms with E-state index in [1.54, 1.807) is 18.2 Å². The highest BCUT2D eigenvalue weighted by Crippen LogP contribution is 2.14. The average molecular weight is 259 g/mol. The Hall–Kier alpha value is -1.90. The van der Waals surface area contributed by atoms with Crippen molar-refractivity contribution in [1.82, 2.24) is 4.98 Å². The Kier molecular flexibility index (Phi) is 4.90. The Morgan fingerprint density at radius 1 is 1.53 bits per heavy atom. The lowest BCUT2D eigenvalue weighted by Crippen LogP contribution is -2.33. The number of nitrogens with one attached hydrogen (secondary N) is 1. The van der Waals surface area contributed by atoms with Gasteiger partial charge in [0.25, 0.3) is 5.91 Å². The van der Waals surface area contributed by atoms with Crippen LogP contribution in [0.3, 0.4) is 0 Å². The van der Waals surface area contributed by atoms with Crippen LogP contribution in [0.15, 0.2) is 18.2 Å². The van der Waals surface area contributed by atoms with E-state index < -0.39 is 0 Å². The number of ether oxygens (including phenoxy) is 1. The van der Waals surface area contributed by atoms with Crippen molar-refractivity contribution in [3.63, 3.8) is 0 Å². The van der Waals surface area contributed by atoms with Gasteiger partial charge in [-0.3, -0.25) is 4.79 Å². The van der Waals surface area contributed by atoms with Crippen molar-refractivity contribution in [2.45, 2.75) is 25.4 Å². The fraction of sp³-hybridized carbons (Fsp3) is 0.429. The lowest BCUT2D eigenvalue weighted by atomic mass is 10.1. The molecule has 1 aliphatic rings. The van der Waals surface area contributed by atoms with Crippen molar-refractivity contribution in [2.24, 2.45) is 5.73 Å². The number of carbonyl (C=O) groups is 1. The highest BCUT2D eigenvalue weighted by Gasteiger charge is 2.22. The van der Waals surface area contributed by atoms with Crippen LogP contribution >= 0.6 is 0 Å². The maximum Gasteiger partial charge on any atom is 0.254 e. The molecule has 1 aliphatic heterocycles. The molecule has 1 atom stereocenters. The third-order valence-corrected chi connectivity index (χ3v) is 2.79. The van der Waals surface area contributed by atoms with Gasteiger partial charge in [0.2, 0.25) is 0 Å². The fourth-order valence-electron chi connectivity index (χ4n) is 1.87. The van der Waals surface area contributed by atoms with Gasteiger partial charge in [0.1, 0.15) is 17.6 Å². The summed E-state index contributed by atoms with van der Waals surface area (Å²) in [6.07, 6.45) is 2.44. The summed E-state index contributed by atoms with van der Waals surface area (Å²) in [7, 11) is 0. The van der Waals surface area contributed by atoms with Crippen LogP contribution in [0.2, 0.25) is 0 Å². The zero-order valence-electron chi connectivity index (χ0n) is 10.7. The second-order valence-corrected chi connectivity index (χ2v) is 4.26. The molecule has 1 amide bonds. The Morgan fingerprint density at radius 2 is 2.42 bits per heavy atom. The Morgan fingerprint density at radius 3 is 3.16 bits per heavy atom. The molecule has 5 nitrogen and oxygen atoms in total. The standard InChI is InChI=1S/C14H17N3O2/c15-9-4-6-11-5-3-8-13(16-11)17-14(18)12-7-1-2-10-19-12/h3,5,8,12H,1-2,7,9-10,15H2,(H,16,17,18). The molecule has 2 rings (SSSR count). The Labute approximate surface area is 112 Å². The normalized spacial score (nSPS) is 18.3. The molecule has 3 N–H and O–H groups in total. The first-order valence-electron chi connectivity index (χ1n) is 6.38. The molecular weight excluding hydrogens is 242 g/mol. The Bertz CT molecular complexity index is 499. The van der Waals surface area contributed by atoms with E-state index in [2.05, 4.69) is 22.1 Å². The van der Waals surface area contributed by atoms with Gasteiger partial charge in [0.15, 0.2) is 0 Å². The van der Waals surface area contributed by atoms with Crippen molar-refractivity contribution >= 4 is 11.7 Å². The maximum atomic E-state index is 12.0. The van der Waals surface area contributed by atoms with Gasteiger partial charge in [-0.05, 0) is 37.3 Å². The molecule has 2 heterocycles. The number of amides is 1. The van der Waals surface area contributed by atoms with Crippen LogP contribution < -0.4 is 11.1 Å². The first kappa shape index (κ1) is 13.5. The van der Waals surface area contributed by atoms with Gasteiger partial charge in [0, 0.05) is 6.61 Å². The predicted octanol–water partition coefficient (Wildman–Crippen LogP) is 0.899. The van der Waals surface area contributed by atoms with Crippen LogP contribution in [0.5, 0.6) is 0 Å². The number of aromatic nitrogens is 1. The minimum atomic E-state index is -0.366. The zero-order valence-corrected chi connectivity index (χ0v) is 10.7. The number of anilines is 1. The van der Waals surface area contributed by atoms with Gasteiger partial charge in [-0.1, -0.05) is 12.0 Å². The predicted molar refractivity (Wildman–Crippen MR) is 72.4 cm³/mol. The molecule has 0 radical (unpaired) electrons. The van der Waals surface area contributed by atoms with Gasteiger partial charge in [0.05, 0.1) is 6.54 Å². The summed E-state index contributed by atoms with van der Waals surface area (Å²) in [4.78, 5) is 16.2. The van der Waals surface area contributed by atoms with Crippen molar-refractivity contribution in [1.29, 1.82) is 0 Å². The van der Waals surface area contributed by atoms with Gasteiger partial charge in [-0.15, -0.1) is 0 Å². The summed E-state index contributed by atoms with van der Waals surface area (Å²) in [6, 6.07) is 5.30. The number of hydrogen-bond donors (Lipinski definition) is 2. The van der Waals surface area contributed by atoms with E-state index in [1.165, 1.54) is 0 Å². The van der Waals surface area contributed by atoms with E-state index in [0.29, 0.717) is 18.1 Å². The molecule has 0 aliphatic carbocycles. The second kappa shape index (κ2) is 6.88. The van der Waals surface area contributed by atoms with Crippen LogP contribution in [-0.2, 0) is 9.53 Å². The molecule has 0 spiro atoms. The number of nitrogens with zero attached hydrogens (tertiary/aromatic N) is 1. The van der Waals surface area contributed by atoms with E-state index in [1.807, 2.05) is 0 Å². The molecule has 1 aromatic rings. The van der Waals surface area contributed by atoms with Crippen molar-refractivity contribution in [2.75, 3.05) is 18.5 Å². The van der Waals surface area contributed by atoms with E-state index in [4.69, 9.17) is 10.5 Å². The van der Waals surface area contributed by atoms with Crippen LogP contribution in [0.4, 0.5) is 5.82 Å². The lowest BCUT2D eigenvalue weighted by Gasteiger charge is -2.21. The highest BCUT2D eigenvalue weighted by molar-refractivity contribution is 5.93. The van der Waals surface area contributed by atoms with Crippen molar-refractivity contribution < 1.29 is 9.53 Å². The van der Waals surface area contributed by atoms with Gasteiger partial charge in [-0.25, -0.2) is 4.98 Å². The molecule has 1 unspecified atom stereocenters. The smallest absolute Gasteiger partial charge is 0.254 e. The summed E-state index contributed by atoms with van der Waals surface area (Å²) in [5, 5.41) is 2.75. The minimum Gasteiger partial charge on any atom is -0.368 e. The lowest BCUT2D eigenvalue weighted by molar-refractivity contribution is -0.130. The van der Waals surface area contributed by atoms with Gasteiger partial charge in [-0.2, -0.15) is 0 Å². The van der Waals surface area contributed by atoms with E-state index in [-0.39, 0.29) is 18.6 Å². The average Bonchev–Trinajstić information content (AvgIpc) is 2.46. The van der Waals surface area contributed by atoms with Crippen LogP contribution in [0.1, 0.15) is 25.0 Å². The first-order chi connectivity index (χ1) is 9.29. The number of carbonyl (C=O) groups excluding carboxylic acids is 1. The number of rotatable bonds is 2. The summed E-state index contributed by atoms with van der Waals surface area (Å²) < 4.78 is 5.42. The minimum absolute atomic E-state index is 0.142. The van der Waals surface area contributed by atoms with Crippen LogP contribution in [-0.4, -0.2) is 30.1 Å². The van der Waals surface area contributed by atoms with Gasteiger partial charge >= 0.3 is 0 Å². The second-order valence-electron chi connectivity index (χ2n) is 4.26. The summed E-state index contributed by atoms with van der Waals surface area (Å²) >= 11 is 0. The molecule has 1 saturated heterocycles. The van der Waals surface area contributed by atoms with Crippen molar-refractivity contribution in [3.8, 4) is 11.8 Å².